The van der Waals surface area contributed by atoms with Crippen molar-refractivity contribution in [3.63, 3.8) is 0 Å². The van der Waals surface area contributed by atoms with Crippen LogP contribution < -0.4 is 5.32 Å². The summed E-state index contributed by atoms with van der Waals surface area (Å²) in [6.45, 7) is 0. The van der Waals surface area contributed by atoms with Gasteiger partial charge in [0.1, 0.15) is 5.37 Å². The van der Waals surface area contributed by atoms with E-state index in [1.165, 1.54) is 5.56 Å². The Kier molecular flexibility index (Phi) is 5.70. The molecule has 1 N–H and O–H groups in total. The van der Waals surface area contributed by atoms with Crippen LogP contribution in [-0.2, 0) is 5.75 Å². The van der Waals surface area contributed by atoms with Crippen LogP contribution in [0.1, 0.15) is 26.9 Å². The van der Waals surface area contributed by atoms with Gasteiger partial charge in [0.2, 0.25) is 0 Å². The van der Waals surface area contributed by atoms with Gasteiger partial charge in [-0.3, -0.25) is 4.79 Å². The van der Waals surface area contributed by atoms with E-state index in [9.17, 15) is 4.79 Å². The van der Waals surface area contributed by atoms with Crippen molar-refractivity contribution in [3.8, 4) is 0 Å². The summed E-state index contributed by atoms with van der Waals surface area (Å²) in [7, 11) is 0. The number of benzene rings is 3. The molecule has 120 valence electrons. The first kappa shape index (κ1) is 16.3. The molecular weight excluding hydrogens is 314 g/mol. The highest BCUT2D eigenvalue weighted by atomic mass is 32.2. The van der Waals surface area contributed by atoms with E-state index in [0.29, 0.717) is 5.56 Å². The molecule has 0 fully saturated rings. The molecule has 1 unspecified atom stereocenters. The Morgan fingerprint density at radius 3 is 1.96 bits per heavy atom. The van der Waals surface area contributed by atoms with Gasteiger partial charge in [-0.1, -0.05) is 78.9 Å². The minimum Gasteiger partial charge on any atom is -0.336 e. The zero-order valence-corrected chi connectivity index (χ0v) is 14.1. The molecule has 0 bridgehead atoms. The fraction of sp³-hybridized carbons (Fsp3) is 0.0952. The van der Waals surface area contributed by atoms with Gasteiger partial charge in [-0.2, -0.15) is 0 Å². The van der Waals surface area contributed by atoms with Crippen molar-refractivity contribution in [2.75, 3.05) is 0 Å². The zero-order chi connectivity index (χ0) is 16.6. The molecule has 3 heteroatoms. The van der Waals surface area contributed by atoms with Gasteiger partial charge in [-0.05, 0) is 23.3 Å². The Bertz CT molecular complexity index is 760. The lowest BCUT2D eigenvalue weighted by molar-refractivity contribution is 0.0949. The molecule has 2 nitrogen and oxygen atoms in total. The summed E-state index contributed by atoms with van der Waals surface area (Å²) in [4.78, 5) is 12.5. The molecule has 3 rings (SSSR count). The summed E-state index contributed by atoms with van der Waals surface area (Å²) in [5.74, 6) is 0.792. The second-order valence-corrected chi connectivity index (χ2v) is 6.52. The largest absolute Gasteiger partial charge is 0.336 e. The number of rotatable bonds is 6. The predicted octanol–water partition coefficient (Wildman–Crippen LogP) is 5.05. The zero-order valence-electron chi connectivity index (χ0n) is 13.3. The van der Waals surface area contributed by atoms with Crippen LogP contribution in [0.2, 0.25) is 0 Å². The second-order valence-electron chi connectivity index (χ2n) is 5.43. The van der Waals surface area contributed by atoms with Crippen LogP contribution in [0, 0.1) is 0 Å². The summed E-state index contributed by atoms with van der Waals surface area (Å²) in [6.07, 6.45) is 0. The summed E-state index contributed by atoms with van der Waals surface area (Å²) in [5, 5.41) is 3.06. The Morgan fingerprint density at radius 2 is 1.33 bits per heavy atom. The van der Waals surface area contributed by atoms with Crippen molar-refractivity contribution in [3.05, 3.63) is 108 Å². The minimum absolute atomic E-state index is 0.0509. The molecule has 0 aromatic heterocycles. The second kappa shape index (κ2) is 8.37. The Labute approximate surface area is 146 Å². The third-order valence-electron chi connectivity index (χ3n) is 3.66. The van der Waals surface area contributed by atoms with Crippen LogP contribution in [0.3, 0.4) is 0 Å². The first-order chi connectivity index (χ1) is 11.8. The molecule has 0 aliphatic heterocycles. The lowest BCUT2D eigenvalue weighted by atomic mass is 10.2. The van der Waals surface area contributed by atoms with Crippen molar-refractivity contribution in [2.24, 2.45) is 0 Å². The van der Waals surface area contributed by atoms with Gasteiger partial charge < -0.3 is 5.32 Å². The summed E-state index contributed by atoms with van der Waals surface area (Å²) < 4.78 is 0. The average Bonchev–Trinajstić information content (AvgIpc) is 2.67. The minimum atomic E-state index is -0.0842. The Morgan fingerprint density at radius 1 is 0.792 bits per heavy atom. The van der Waals surface area contributed by atoms with Gasteiger partial charge in [-0.25, -0.2) is 0 Å². The first-order valence-corrected chi connectivity index (χ1v) is 8.94. The van der Waals surface area contributed by atoms with Gasteiger partial charge in [0.25, 0.3) is 5.91 Å². The number of nitrogens with one attached hydrogen (secondary N) is 1. The maximum Gasteiger partial charge on any atom is 0.252 e. The van der Waals surface area contributed by atoms with E-state index in [1.807, 2.05) is 78.9 Å². The molecule has 24 heavy (non-hydrogen) atoms. The van der Waals surface area contributed by atoms with Crippen molar-refractivity contribution < 1.29 is 4.79 Å². The van der Waals surface area contributed by atoms with E-state index in [4.69, 9.17) is 0 Å². The predicted molar refractivity (Wildman–Crippen MR) is 101 cm³/mol. The van der Waals surface area contributed by atoms with Crippen LogP contribution in [0.25, 0.3) is 0 Å². The van der Waals surface area contributed by atoms with Crippen molar-refractivity contribution in [1.82, 2.24) is 5.32 Å². The van der Waals surface area contributed by atoms with E-state index < -0.39 is 0 Å². The summed E-state index contributed by atoms with van der Waals surface area (Å²) in [6, 6.07) is 29.7. The highest BCUT2D eigenvalue weighted by molar-refractivity contribution is 7.98. The van der Waals surface area contributed by atoms with E-state index in [-0.39, 0.29) is 11.3 Å². The van der Waals surface area contributed by atoms with Crippen LogP contribution in [0.4, 0.5) is 0 Å². The number of carbonyl (C=O) groups is 1. The molecule has 1 amide bonds. The monoisotopic (exact) mass is 333 g/mol. The highest BCUT2D eigenvalue weighted by Gasteiger charge is 2.16. The van der Waals surface area contributed by atoms with Gasteiger partial charge >= 0.3 is 0 Å². The lowest BCUT2D eigenvalue weighted by Crippen LogP contribution is -2.26. The number of thioether (sulfide) groups is 1. The van der Waals surface area contributed by atoms with Gasteiger partial charge in [-0.15, -0.1) is 11.8 Å². The SMILES string of the molecule is O=C(NC(SCc1ccccc1)c1ccccc1)c1ccccc1. The van der Waals surface area contributed by atoms with E-state index >= 15 is 0 Å². The molecule has 3 aromatic carbocycles. The lowest BCUT2D eigenvalue weighted by Gasteiger charge is -2.19. The molecule has 0 heterocycles. The summed E-state index contributed by atoms with van der Waals surface area (Å²) >= 11 is 1.72. The number of hydrogen-bond acceptors (Lipinski definition) is 2. The fourth-order valence-electron chi connectivity index (χ4n) is 2.39. The Balaban J connectivity index is 1.74. The molecule has 0 aliphatic carbocycles. The quantitative estimate of drug-likeness (QED) is 0.640. The van der Waals surface area contributed by atoms with Crippen molar-refractivity contribution in [1.29, 1.82) is 0 Å². The number of amides is 1. The topological polar surface area (TPSA) is 29.1 Å². The van der Waals surface area contributed by atoms with Crippen molar-refractivity contribution >= 4 is 17.7 Å². The smallest absolute Gasteiger partial charge is 0.252 e. The standard InChI is InChI=1S/C21H19NOS/c23-20(18-12-6-2-7-13-18)22-21(19-14-8-3-9-15-19)24-16-17-10-4-1-5-11-17/h1-15,21H,16H2,(H,22,23). The molecule has 1 atom stereocenters. The fourth-order valence-corrected chi connectivity index (χ4v) is 3.49. The average molecular weight is 333 g/mol. The molecule has 0 aliphatic rings. The maximum atomic E-state index is 12.5. The van der Waals surface area contributed by atoms with E-state index in [0.717, 1.165) is 11.3 Å². The number of hydrogen-bond donors (Lipinski definition) is 1. The van der Waals surface area contributed by atoms with Crippen molar-refractivity contribution in [2.45, 2.75) is 11.1 Å². The number of carbonyl (C=O) groups excluding carboxylic acids is 1. The molecular formula is C21H19NOS. The van der Waals surface area contributed by atoms with E-state index in [2.05, 4.69) is 17.4 Å². The third-order valence-corrected chi connectivity index (χ3v) is 4.88. The van der Waals surface area contributed by atoms with Gasteiger partial charge in [0, 0.05) is 11.3 Å². The summed E-state index contributed by atoms with van der Waals surface area (Å²) in [5.41, 5.74) is 3.03. The first-order valence-electron chi connectivity index (χ1n) is 7.89. The van der Waals surface area contributed by atoms with Crippen LogP contribution >= 0.6 is 11.8 Å². The molecule has 3 aromatic rings. The maximum absolute atomic E-state index is 12.5. The van der Waals surface area contributed by atoms with Crippen LogP contribution in [0.15, 0.2) is 91.0 Å². The third kappa shape index (κ3) is 4.49. The van der Waals surface area contributed by atoms with E-state index in [1.54, 1.807) is 11.8 Å². The highest BCUT2D eigenvalue weighted by Crippen LogP contribution is 2.29. The molecule has 0 saturated carbocycles. The van der Waals surface area contributed by atoms with Gasteiger partial charge in [0.15, 0.2) is 0 Å². The Hall–Kier alpha value is -2.52. The van der Waals surface area contributed by atoms with Crippen LogP contribution in [-0.4, -0.2) is 5.91 Å². The normalized spacial score (nSPS) is 11.7. The molecule has 0 spiro atoms. The van der Waals surface area contributed by atoms with Gasteiger partial charge in [0.05, 0.1) is 0 Å². The molecule has 0 radical (unpaired) electrons. The molecule has 0 saturated heterocycles. The van der Waals surface area contributed by atoms with Crippen LogP contribution in [0.5, 0.6) is 0 Å².